The van der Waals surface area contributed by atoms with Crippen molar-refractivity contribution in [3.8, 4) is 11.8 Å². The van der Waals surface area contributed by atoms with Crippen LogP contribution in [0.25, 0.3) is 0 Å². The third kappa shape index (κ3) is 2.63. The topological polar surface area (TPSA) is 56.0 Å². The lowest BCUT2D eigenvalue weighted by Gasteiger charge is -2.18. The van der Waals surface area contributed by atoms with Crippen LogP contribution in [0, 0.1) is 24.2 Å². The van der Waals surface area contributed by atoms with Gasteiger partial charge in [-0.25, -0.2) is 0 Å². The van der Waals surface area contributed by atoms with Crippen LogP contribution in [0.4, 0.5) is 5.69 Å². The Morgan fingerprint density at radius 3 is 2.53 bits per heavy atom. The van der Waals surface area contributed by atoms with Gasteiger partial charge < -0.3 is 10.4 Å². The van der Waals surface area contributed by atoms with E-state index in [-0.39, 0.29) is 17.7 Å². The molecule has 1 aromatic carbocycles. The van der Waals surface area contributed by atoms with E-state index in [2.05, 4.69) is 11.4 Å². The van der Waals surface area contributed by atoms with Gasteiger partial charge in [0.05, 0.1) is 11.8 Å². The summed E-state index contributed by atoms with van der Waals surface area (Å²) in [6, 6.07) is 7.20. The van der Waals surface area contributed by atoms with Crippen molar-refractivity contribution < 1.29 is 5.11 Å². The number of para-hydroxylation sites is 1. The lowest BCUT2D eigenvalue weighted by molar-refractivity contribution is 0.475. The molecule has 0 aliphatic heterocycles. The number of nitriles is 1. The van der Waals surface area contributed by atoms with E-state index < -0.39 is 0 Å². The molecule has 15 heavy (non-hydrogen) atoms. The molecule has 0 heterocycles. The molecule has 0 spiro atoms. The van der Waals surface area contributed by atoms with E-state index in [1.807, 2.05) is 26.8 Å². The van der Waals surface area contributed by atoms with Crippen molar-refractivity contribution in [3.63, 3.8) is 0 Å². The molecule has 0 aliphatic carbocycles. The minimum Gasteiger partial charge on any atom is -0.506 e. The maximum absolute atomic E-state index is 9.65. The smallest absolute Gasteiger partial charge is 0.138 e. The Kier molecular flexibility index (Phi) is 3.56. The maximum Gasteiger partial charge on any atom is 0.138 e. The van der Waals surface area contributed by atoms with Crippen molar-refractivity contribution in [2.24, 2.45) is 5.92 Å². The van der Waals surface area contributed by atoms with Crippen LogP contribution in [0.1, 0.15) is 19.4 Å². The third-order valence-electron chi connectivity index (χ3n) is 2.36. The normalized spacial score (nSPS) is 12.2. The highest BCUT2D eigenvalue weighted by Gasteiger charge is 2.14. The zero-order valence-electron chi connectivity index (χ0n) is 9.28. The second kappa shape index (κ2) is 4.70. The van der Waals surface area contributed by atoms with Crippen molar-refractivity contribution in [2.75, 3.05) is 5.32 Å². The largest absolute Gasteiger partial charge is 0.506 e. The fourth-order valence-electron chi connectivity index (χ4n) is 1.34. The highest BCUT2D eigenvalue weighted by molar-refractivity contribution is 5.62. The molecule has 1 unspecified atom stereocenters. The van der Waals surface area contributed by atoms with Gasteiger partial charge in [-0.05, 0) is 24.5 Å². The highest BCUT2D eigenvalue weighted by atomic mass is 16.3. The van der Waals surface area contributed by atoms with Crippen molar-refractivity contribution in [1.29, 1.82) is 5.26 Å². The lowest BCUT2D eigenvalue weighted by atomic mass is 10.0. The number of rotatable bonds is 3. The van der Waals surface area contributed by atoms with E-state index in [1.54, 1.807) is 12.1 Å². The summed E-state index contributed by atoms with van der Waals surface area (Å²) in [6.45, 7) is 5.84. The molecule has 0 bridgehead atoms. The zero-order valence-corrected chi connectivity index (χ0v) is 9.28. The quantitative estimate of drug-likeness (QED) is 0.744. The molecule has 0 aromatic heterocycles. The van der Waals surface area contributed by atoms with Crippen LogP contribution >= 0.6 is 0 Å². The Morgan fingerprint density at radius 1 is 1.40 bits per heavy atom. The van der Waals surface area contributed by atoms with E-state index >= 15 is 0 Å². The Hall–Kier alpha value is -1.69. The summed E-state index contributed by atoms with van der Waals surface area (Å²) in [4.78, 5) is 0. The van der Waals surface area contributed by atoms with Gasteiger partial charge in [-0.1, -0.05) is 26.0 Å². The first-order valence-electron chi connectivity index (χ1n) is 5.01. The molecule has 0 amide bonds. The van der Waals surface area contributed by atoms with E-state index in [0.29, 0.717) is 5.69 Å². The molecule has 1 aromatic rings. The van der Waals surface area contributed by atoms with Gasteiger partial charge in [-0.2, -0.15) is 5.26 Å². The Bertz CT molecular complexity index is 359. The SMILES string of the molecule is Cc1cccc(O)c1NC(C#N)C(C)C. The van der Waals surface area contributed by atoms with Gasteiger partial charge in [0.15, 0.2) is 0 Å². The zero-order chi connectivity index (χ0) is 11.4. The van der Waals surface area contributed by atoms with Crippen molar-refractivity contribution in [1.82, 2.24) is 0 Å². The first kappa shape index (κ1) is 11.4. The molecular weight excluding hydrogens is 188 g/mol. The van der Waals surface area contributed by atoms with Crippen LogP contribution in [0.3, 0.4) is 0 Å². The van der Waals surface area contributed by atoms with E-state index in [4.69, 9.17) is 5.26 Å². The van der Waals surface area contributed by atoms with Gasteiger partial charge in [-0.3, -0.25) is 0 Å². The van der Waals surface area contributed by atoms with Crippen LogP contribution in [-0.4, -0.2) is 11.1 Å². The molecule has 3 nitrogen and oxygen atoms in total. The average Bonchev–Trinajstić information content (AvgIpc) is 2.17. The minimum atomic E-state index is -0.281. The fraction of sp³-hybridized carbons (Fsp3) is 0.417. The van der Waals surface area contributed by atoms with E-state index in [9.17, 15) is 5.11 Å². The van der Waals surface area contributed by atoms with Crippen molar-refractivity contribution in [3.05, 3.63) is 23.8 Å². The Morgan fingerprint density at radius 2 is 2.07 bits per heavy atom. The third-order valence-corrected chi connectivity index (χ3v) is 2.36. The maximum atomic E-state index is 9.65. The molecular formula is C12H16N2O. The number of hydrogen-bond donors (Lipinski definition) is 2. The molecule has 0 saturated heterocycles. The first-order valence-corrected chi connectivity index (χ1v) is 5.01. The first-order chi connectivity index (χ1) is 7.06. The number of benzene rings is 1. The molecule has 0 aliphatic rings. The van der Waals surface area contributed by atoms with Crippen LogP contribution in [0.2, 0.25) is 0 Å². The molecule has 0 saturated carbocycles. The predicted molar refractivity (Wildman–Crippen MR) is 60.7 cm³/mol. The van der Waals surface area contributed by atoms with Crippen molar-refractivity contribution >= 4 is 5.69 Å². The van der Waals surface area contributed by atoms with Gasteiger partial charge in [0.2, 0.25) is 0 Å². The van der Waals surface area contributed by atoms with E-state index in [1.165, 1.54) is 0 Å². The Labute approximate surface area is 90.4 Å². The summed E-state index contributed by atoms with van der Waals surface area (Å²) in [5.41, 5.74) is 1.59. The number of phenolic OH excluding ortho intramolecular Hbond substituents is 1. The van der Waals surface area contributed by atoms with Crippen LogP contribution in [-0.2, 0) is 0 Å². The molecule has 0 fully saturated rings. The second-order valence-corrected chi connectivity index (χ2v) is 3.96. The second-order valence-electron chi connectivity index (χ2n) is 3.96. The van der Waals surface area contributed by atoms with Gasteiger partial charge in [0.1, 0.15) is 11.8 Å². The lowest BCUT2D eigenvalue weighted by Crippen LogP contribution is -2.23. The molecule has 80 valence electrons. The number of phenols is 1. The molecule has 1 atom stereocenters. The molecule has 3 heteroatoms. The number of nitrogens with zero attached hydrogens (tertiary/aromatic N) is 1. The van der Waals surface area contributed by atoms with Gasteiger partial charge >= 0.3 is 0 Å². The monoisotopic (exact) mass is 204 g/mol. The van der Waals surface area contributed by atoms with E-state index in [0.717, 1.165) is 5.56 Å². The fourth-order valence-corrected chi connectivity index (χ4v) is 1.34. The Balaban J connectivity index is 2.94. The van der Waals surface area contributed by atoms with Gasteiger partial charge in [0.25, 0.3) is 0 Å². The highest BCUT2D eigenvalue weighted by Crippen LogP contribution is 2.27. The molecule has 1 rings (SSSR count). The summed E-state index contributed by atoms with van der Waals surface area (Å²) < 4.78 is 0. The van der Waals surface area contributed by atoms with Gasteiger partial charge in [0, 0.05) is 0 Å². The summed E-state index contributed by atoms with van der Waals surface area (Å²) in [7, 11) is 0. The number of nitrogens with one attached hydrogen (secondary N) is 1. The number of aryl methyl sites for hydroxylation is 1. The standard InChI is InChI=1S/C12H16N2O/c1-8(2)10(7-13)14-12-9(3)5-4-6-11(12)15/h4-6,8,10,14-15H,1-3H3. The summed E-state index contributed by atoms with van der Waals surface area (Å²) >= 11 is 0. The predicted octanol–water partition coefficient (Wildman–Crippen LogP) is 2.66. The van der Waals surface area contributed by atoms with Crippen molar-refractivity contribution in [2.45, 2.75) is 26.8 Å². The summed E-state index contributed by atoms with van der Waals surface area (Å²) in [5, 5.41) is 21.6. The summed E-state index contributed by atoms with van der Waals surface area (Å²) in [5.74, 6) is 0.393. The average molecular weight is 204 g/mol. The number of anilines is 1. The van der Waals surface area contributed by atoms with Gasteiger partial charge in [-0.15, -0.1) is 0 Å². The molecule has 2 N–H and O–H groups in total. The van der Waals surface area contributed by atoms with Crippen LogP contribution < -0.4 is 5.32 Å². The number of hydrogen-bond acceptors (Lipinski definition) is 3. The number of aromatic hydroxyl groups is 1. The van der Waals surface area contributed by atoms with Crippen LogP contribution in [0.15, 0.2) is 18.2 Å². The molecule has 0 radical (unpaired) electrons. The van der Waals surface area contributed by atoms with Crippen LogP contribution in [0.5, 0.6) is 5.75 Å². The minimum absolute atomic E-state index is 0.191. The summed E-state index contributed by atoms with van der Waals surface area (Å²) in [6.07, 6.45) is 0.